The summed E-state index contributed by atoms with van der Waals surface area (Å²) in [5, 5.41) is 4.90. The van der Waals surface area contributed by atoms with Crippen LogP contribution in [0.2, 0.25) is 0 Å². The second kappa shape index (κ2) is 7.09. The van der Waals surface area contributed by atoms with Crippen molar-refractivity contribution in [2.75, 3.05) is 13.2 Å². The molecule has 1 aromatic carbocycles. The largest absolute Gasteiger partial charge is 0.444 e. The van der Waals surface area contributed by atoms with Gasteiger partial charge in [-0.1, -0.05) is 12.1 Å². The number of amides is 1. The Labute approximate surface area is 173 Å². The van der Waals surface area contributed by atoms with Crippen LogP contribution >= 0.6 is 22.6 Å². The second-order valence-electron chi connectivity index (χ2n) is 8.07. The maximum absolute atomic E-state index is 12.6. The summed E-state index contributed by atoms with van der Waals surface area (Å²) in [5.41, 5.74) is 3.86. The van der Waals surface area contributed by atoms with Gasteiger partial charge < -0.3 is 14.4 Å². The number of halogens is 1. The topological polar surface area (TPSA) is 59.9 Å². The molecule has 0 aliphatic carbocycles. The van der Waals surface area contributed by atoms with Crippen molar-refractivity contribution in [3.8, 4) is 11.3 Å². The number of epoxide rings is 1. The van der Waals surface area contributed by atoms with Crippen LogP contribution in [0.4, 0.5) is 4.79 Å². The van der Waals surface area contributed by atoms with Crippen molar-refractivity contribution in [3.63, 3.8) is 0 Å². The molecule has 7 heteroatoms. The van der Waals surface area contributed by atoms with E-state index < -0.39 is 5.60 Å². The van der Waals surface area contributed by atoms with Crippen molar-refractivity contribution in [1.82, 2.24) is 14.7 Å². The molecule has 0 spiro atoms. The summed E-state index contributed by atoms with van der Waals surface area (Å²) in [4.78, 5) is 14.3. The van der Waals surface area contributed by atoms with E-state index in [0.717, 1.165) is 36.4 Å². The minimum atomic E-state index is -0.496. The molecular weight excluding hydrogens is 457 g/mol. The Kier molecular flexibility index (Phi) is 4.92. The monoisotopic (exact) mass is 481 g/mol. The number of benzene rings is 1. The number of nitrogens with zero attached hydrogens (tertiary/aromatic N) is 3. The van der Waals surface area contributed by atoms with Crippen molar-refractivity contribution in [3.05, 3.63) is 39.1 Å². The third-order valence-corrected chi connectivity index (χ3v) is 5.40. The minimum absolute atomic E-state index is 0.264. The Morgan fingerprint density at radius 1 is 1.33 bits per heavy atom. The lowest BCUT2D eigenvalue weighted by atomic mass is 10.0. The lowest BCUT2D eigenvalue weighted by Crippen LogP contribution is -2.40. The van der Waals surface area contributed by atoms with E-state index in [-0.39, 0.29) is 12.2 Å². The first-order chi connectivity index (χ1) is 12.8. The molecule has 1 atom stereocenters. The number of ether oxygens (including phenoxy) is 2. The van der Waals surface area contributed by atoms with Crippen molar-refractivity contribution in [1.29, 1.82) is 0 Å². The van der Waals surface area contributed by atoms with Gasteiger partial charge >= 0.3 is 6.09 Å². The van der Waals surface area contributed by atoms with Gasteiger partial charge in [-0.15, -0.1) is 0 Å². The van der Waals surface area contributed by atoms with Gasteiger partial charge in [0.05, 0.1) is 25.4 Å². The predicted octanol–water partition coefficient (Wildman–Crippen LogP) is 3.85. The smallest absolute Gasteiger partial charge is 0.410 e. The Hall–Kier alpha value is -1.61. The first kappa shape index (κ1) is 18.7. The van der Waals surface area contributed by atoms with Crippen LogP contribution in [0, 0.1) is 3.57 Å². The molecular formula is C20H24IN3O3. The van der Waals surface area contributed by atoms with Gasteiger partial charge in [0.15, 0.2) is 0 Å². The van der Waals surface area contributed by atoms with Crippen molar-refractivity contribution >= 4 is 28.7 Å². The average molecular weight is 481 g/mol. The molecule has 1 amide bonds. The van der Waals surface area contributed by atoms with Crippen LogP contribution in [0.15, 0.2) is 24.3 Å². The van der Waals surface area contributed by atoms with Crippen LogP contribution in [0.1, 0.15) is 32.0 Å². The molecule has 144 valence electrons. The van der Waals surface area contributed by atoms with E-state index in [0.29, 0.717) is 13.1 Å². The van der Waals surface area contributed by atoms with Crippen LogP contribution in [-0.4, -0.2) is 45.6 Å². The molecule has 1 fully saturated rings. The standard InChI is InChI=1S/C20H24IN3O3/c1-20(2,3)27-19(25)23-9-8-17-16(11-23)18(13-4-6-14(21)7-5-13)22-24(17)10-15-12-26-15/h4-7,15H,8-12H2,1-3H3. The van der Waals surface area contributed by atoms with Gasteiger partial charge in [-0.05, 0) is 55.5 Å². The van der Waals surface area contributed by atoms with E-state index in [1.54, 1.807) is 4.90 Å². The lowest BCUT2D eigenvalue weighted by Gasteiger charge is -2.30. The molecule has 0 radical (unpaired) electrons. The van der Waals surface area contributed by atoms with Gasteiger partial charge in [0.2, 0.25) is 0 Å². The molecule has 1 unspecified atom stereocenters. The zero-order valence-corrected chi connectivity index (χ0v) is 18.0. The molecule has 6 nitrogen and oxygen atoms in total. The Morgan fingerprint density at radius 3 is 2.67 bits per heavy atom. The van der Waals surface area contributed by atoms with E-state index in [2.05, 4.69) is 51.5 Å². The summed E-state index contributed by atoms with van der Waals surface area (Å²) in [6.07, 6.45) is 0.779. The summed E-state index contributed by atoms with van der Waals surface area (Å²) in [6.45, 7) is 8.43. The second-order valence-corrected chi connectivity index (χ2v) is 9.32. The van der Waals surface area contributed by atoms with E-state index in [4.69, 9.17) is 14.6 Å². The Bertz CT molecular complexity index is 851. The summed E-state index contributed by atoms with van der Waals surface area (Å²) in [6, 6.07) is 8.35. The van der Waals surface area contributed by atoms with Gasteiger partial charge in [-0.25, -0.2) is 4.79 Å². The highest BCUT2D eigenvalue weighted by molar-refractivity contribution is 14.1. The van der Waals surface area contributed by atoms with Crippen molar-refractivity contribution in [2.45, 2.75) is 52.0 Å². The van der Waals surface area contributed by atoms with Crippen LogP contribution in [0.3, 0.4) is 0 Å². The molecule has 2 aliphatic rings. The summed E-state index contributed by atoms with van der Waals surface area (Å²) in [7, 11) is 0. The number of rotatable bonds is 3. The fourth-order valence-corrected chi connectivity index (χ4v) is 3.69. The molecule has 4 rings (SSSR count). The van der Waals surface area contributed by atoms with Gasteiger partial charge in [-0.3, -0.25) is 4.68 Å². The molecule has 2 aliphatic heterocycles. The number of hydrogen-bond donors (Lipinski definition) is 0. The van der Waals surface area contributed by atoms with Gasteiger partial charge in [0.1, 0.15) is 11.7 Å². The summed E-state index contributed by atoms with van der Waals surface area (Å²) >= 11 is 2.30. The normalized spacial score (nSPS) is 19.0. The van der Waals surface area contributed by atoms with Crippen molar-refractivity contribution < 1.29 is 14.3 Å². The quantitative estimate of drug-likeness (QED) is 0.494. The van der Waals surface area contributed by atoms with E-state index >= 15 is 0 Å². The highest BCUT2D eigenvalue weighted by atomic mass is 127. The number of fused-ring (bicyclic) bond motifs is 1. The zero-order valence-electron chi connectivity index (χ0n) is 15.9. The fraction of sp³-hybridized carbons (Fsp3) is 0.500. The SMILES string of the molecule is CC(C)(C)OC(=O)N1CCc2c(c(-c3ccc(I)cc3)nn2CC2CO2)C1. The highest BCUT2D eigenvalue weighted by Crippen LogP contribution is 2.32. The third kappa shape index (κ3) is 4.29. The first-order valence-corrected chi connectivity index (χ1v) is 10.3. The molecule has 1 aromatic heterocycles. The van der Waals surface area contributed by atoms with Crippen LogP contribution in [0.5, 0.6) is 0 Å². The molecule has 0 bridgehead atoms. The van der Waals surface area contributed by atoms with E-state index in [9.17, 15) is 4.79 Å². The maximum Gasteiger partial charge on any atom is 0.410 e. The Balaban J connectivity index is 1.66. The predicted molar refractivity (Wildman–Crippen MR) is 110 cm³/mol. The molecule has 3 heterocycles. The first-order valence-electron chi connectivity index (χ1n) is 9.24. The zero-order chi connectivity index (χ0) is 19.2. The molecule has 0 N–H and O–H groups in total. The number of hydrogen-bond acceptors (Lipinski definition) is 4. The summed E-state index contributed by atoms with van der Waals surface area (Å²) in [5.74, 6) is 0. The van der Waals surface area contributed by atoms with Gasteiger partial charge in [-0.2, -0.15) is 5.10 Å². The van der Waals surface area contributed by atoms with Crippen molar-refractivity contribution in [2.24, 2.45) is 0 Å². The molecule has 1 saturated heterocycles. The summed E-state index contributed by atoms with van der Waals surface area (Å²) < 4.78 is 14.2. The van der Waals surface area contributed by atoms with E-state index in [1.165, 1.54) is 9.26 Å². The van der Waals surface area contributed by atoms with Crippen LogP contribution in [0.25, 0.3) is 11.3 Å². The minimum Gasteiger partial charge on any atom is -0.444 e. The highest BCUT2D eigenvalue weighted by Gasteiger charge is 2.32. The fourth-order valence-electron chi connectivity index (χ4n) is 3.33. The number of carbonyl (C=O) groups excluding carboxylic acids is 1. The average Bonchev–Trinajstić information content (AvgIpc) is 3.35. The van der Waals surface area contributed by atoms with Gasteiger partial charge in [0, 0.05) is 33.4 Å². The lowest BCUT2D eigenvalue weighted by molar-refractivity contribution is 0.0222. The maximum atomic E-state index is 12.6. The van der Waals surface area contributed by atoms with Crippen LogP contribution in [-0.2, 0) is 29.0 Å². The molecule has 2 aromatic rings. The Morgan fingerprint density at radius 2 is 2.04 bits per heavy atom. The number of carbonyl (C=O) groups is 1. The van der Waals surface area contributed by atoms with Crippen LogP contribution < -0.4 is 0 Å². The third-order valence-electron chi connectivity index (χ3n) is 4.68. The van der Waals surface area contributed by atoms with E-state index in [1.807, 2.05) is 20.8 Å². The van der Waals surface area contributed by atoms with Gasteiger partial charge in [0.25, 0.3) is 0 Å². The molecule has 0 saturated carbocycles. The number of aromatic nitrogens is 2. The molecule has 27 heavy (non-hydrogen) atoms.